The van der Waals surface area contributed by atoms with Crippen LogP contribution in [0.1, 0.15) is 42.7 Å². The van der Waals surface area contributed by atoms with Crippen LogP contribution in [0.2, 0.25) is 0 Å². The first-order valence-corrected chi connectivity index (χ1v) is 11.4. The number of benzene rings is 3. The summed E-state index contributed by atoms with van der Waals surface area (Å²) in [5, 5.41) is 0. The van der Waals surface area contributed by atoms with E-state index >= 15 is 0 Å². The minimum atomic E-state index is 0.584. The molecule has 31 heavy (non-hydrogen) atoms. The molecule has 0 aliphatic heterocycles. The first kappa shape index (κ1) is 21.3. The second-order valence-electron chi connectivity index (χ2n) is 8.55. The predicted molar refractivity (Wildman–Crippen MR) is 132 cm³/mol. The molecule has 0 atom stereocenters. The standard InChI is InChI=1S/C30H32O/c1-3-21-31-22-24-7-11-26(12-8-24)28-15-19-30(20-16-28)29-17-13-27(14-18-29)25-9-5-23(4-2)6-10-25/h3-4,7-8,11-20,23,25H,1-2,5-6,9-10,21-22H2/t23-,25-. The van der Waals surface area contributed by atoms with E-state index in [1.165, 1.54) is 59.1 Å². The molecule has 0 saturated heterocycles. The summed E-state index contributed by atoms with van der Waals surface area (Å²) in [7, 11) is 0. The molecule has 1 saturated carbocycles. The van der Waals surface area contributed by atoms with Crippen molar-refractivity contribution in [2.24, 2.45) is 5.92 Å². The summed E-state index contributed by atoms with van der Waals surface area (Å²) in [6, 6.07) is 26.7. The van der Waals surface area contributed by atoms with Gasteiger partial charge in [0.25, 0.3) is 0 Å². The maximum absolute atomic E-state index is 5.51. The van der Waals surface area contributed by atoms with E-state index < -0.39 is 0 Å². The number of hydrogen-bond acceptors (Lipinski definition) is 1. The van der Waals surface area contributed by atoms with Crippen LogP contribution < -0.4 is 0 Å². The number of rotatable bonds is 8. The molecule has 1 fully saturated rings. The van der Waals surface area contributed by atoms with Crippen LogP contribution in [0.5, 0.6) is 0 Å². The van der Waals surface area contributed by atoms with Crippen LogP contribution in [0.15, 0.2) is 98.1 Å². The van der Waals surface area contributed by atoms with Gasteiger partial charge in [0, 0.05) is 0 Å². The monoisotopic (exact) mass is 408 g/mol. The third-order valence-corrected chi connectivity index (χ3v) is 6.50. The SMILES string of the molecule is C=CCOCc1ccc(-c2ccc(-c3ccc([C@H]4CC[C@H](C=C)CC4)cc3)cc2)cc1. The molecule has 3 aromatic carbocycles. The van der Waals surface area contributed by atoms with Crippen LogP contribution >= 0.6 is 0 Å². The van der Waals surface area contributed by atoms with Gasteiger partial charge < -0.3 is 4.74 Å². The first-order valence-electron chi connectivity index (χ1n) is 11.4. The van der Waals surface area contributed by atoms with Crippen molar-refractivity contribution < 1.29 is 4.74 Å². The zero-order chi connectivity index (χ0) is 21.5. The fraction of sp³-hybridized carbons (Fsp3) is 0.267. The molecule has 4 rings (SSSR count). The molecule has 3 aromatic rings. The molecule has 1 aliphatic carbocycles. The highest BCUT2D eigenvalue weighted by molar-refractivity contribution is 5.70. The molecule has 0 spiro atoms. The Morgan fingerprint density at radius 1 is 0.677 bits per heavy atom. The van der Waals surface area contributed by atoms with Gasteiger partial charge >= 0.3 is 0 Å². The number of hydrogen-bond donors (Lipinski definition) is 0. The van der Waals surface area contributed by atoms with Gasteiger partial charge in [-0.05, 0) is 70.9 Å². The van der Waals surface area contributed by atoms with Gasteiger partial charge in [-0.25, -0.2) is 0 Å². The predicted octanol–water partition coefficient (Wildman–Crippen LogP) is 8.18. The minimum Gasteiger partial charge on any atom is -0.373 e. The highest BCUT2D eigenvalue weighted by Gasteiger charge is 2.20. The molecule has 1 nitrogen and oxygen atoms in total. The fourth-order valence-corrected chi connectivity index (χ4v) is 4.54. The Bertz CT molecular complexity index is 972. The number of ether oxygens (including phenoxy) is 1. The normalized spacial score (nSPS) is 18.5. The molecule has 1 aliphatic rings. The van der Waals surface area contributed by atoms with E-state index in [0.29, 0.717) is 19.1 Å². The van der Waals surface area contributed by atoms with Gasteiger partial charge in [0.15, 0.2) is 0 Å². The molecular formula is C30H32O. The molecule has 0 unspecified atom stereocenters. The van der Waals surface area contributed by atoms with Gasteiger partial charge in [-0.15, -0.1) is 13.2 Å². The third kappa shape index (κ3) is 5.42. The van der Waals surface area contributed by atoms with Crippen LogP contribution in [-0.2, 0) is 11.3 Å². The van der Waals surface area contributed by atoms with Crippen molar-refractivity contribution >= 4 is 0 Å². The third-order valence-electron chi connectivity index (χ3n) is 6.50. The average molecular weight is 409 g/mol. The van der Waals surface area contributed by atoms with Crippen LogP contribution in [0.25, 0.3) is 22.3 Å². The summed E-state index contributed by atoms with van der Waals surface area (Å²) in [6.07, 6.45) is 9.03. The molecule has 0 N–H and O–H groups in total. The van der Waals surface area contributed by atoms with E-state index in [-0.39, 0.29) is 0 Å². The molecule has 0 radical (unpaired) electrons. The van der Waals surface area contributed by atoms with Crippen LogP contribution in [0.4, 0.5) is 0 Å². The molecule has 1 heteroatoms. The molecule has 158 valence electrons. The fourth-order valence-electron chi connectivity index (χ4n) is 4.54. The van der Waals surface area contributed by atoms with E-state index in [9.17, 15) is 0 Å². The Hall–Kier alpha value is -2.90. The highest BCUT2D eigenvalue weighted by Crippen LogP contribution is 2.37. The summed E-state index contributed by atoms with van der Waals surface area (Å²) in [6.45, 7) is 8.85. The molecule has 0 aromatic heterocycles. The molecule has 0 heterocycles. The van der Waals surface area contributed by atoms with E-state index in [2.05, 4.69) is 92.0 Å². The maximum Gasteiger partial charge on any atom is 0.0721 e. The summed E-state index contributed by atoms with van der Waals surface area (Å²) in [5.74, 6) is 1.42. The van der Waals surface area contributed by atoms with Gasteiger partial charge in [-0.1, -0.05) is 84.9 Å². The van der Waals surface area contributed by atoms with E-state index in [1.807, 2.05) is 0 Å². The second kappa shape index (κ2) is 10.4. The lowest BCUT2D eigenvalue weighted by molar-refractivity contribution is 0.149. The zero-order valence-electron chi connectivity index (χ0n) is 18.3. The molecular weight excluding hydrogens is 376 g/mol. The van der Waals surface area contributed by atoms with Gasteiger partial charge in [0.1, 0.15) is 0 Å². The van der Waals surface area contributed by atoms with Gasteiger partial charge in [-0.2, -0.15) is 0 Å². The molecule has 0 bridgehead atoms. The lowest BCUT2D eigenvalue weighted by atomic mass is 9.78. The summed E-state index contributed by atoms with van der Waals surface area (Å²) >= 11 is 0. The smallest absolute Gasteiger partial charge is 0.0721 e. The van der Waals surface area contributed by atoms with Crippen LogP contribution in [0.3, 0.4) is 0 Å². The Morgan fingerprint density at radius 3 is 1.65 bits per heavy atom. The van der Waals surface area contributed by atoms with Gasteiger partial charge in [-0.3, -0.25) is 0 Å². The average Bonchev–Trinajstić information content (AvgIpc) is 2.85. The molecule has 0 amide bonds. The van der Waals surface area contributed by atoms with Gasteiger partial charge in [0.05, 0.1) is 13.2 Å². The van der Waals surface area contributed by atoms with E-state index in [0.717, 1.165) is 5.92 Å². The lowest BCUT2D eigenvalue weighted by Gasteiger charge is -2.27. The van der Waals surface area contributed by atoms with E-state index in [4.69, 9.17) is 4.74 Å². The van der Waals surface area contributed by atoms with Crippen molar-refractivity contribution in [2.75, 3.05) is 6.61 Å². The van der Waals surface area contributed by atoms with Crippen molar-refractivity contribution in [3.63, 3.8) is 0 Å². The van der Waals surface area contributed by atoms with Crippen molar-refractivity contribution in [1.29, 1.82) is 0 Å². The first-order chi connectivity index (χ1) is 15.3. The summed E-state index contributed by atoms with van der Waals surface area (Å²) in [5.41, 5.74) is 7.67. The van der Waals surface area contributed by atoms with Crippen molar-refractivity contribution in [3.05, 3.63) is 109 Å². The second-order valence-corrected chi connectivity index (χ2v) is 8.55. The Morgan fingerprint density at radius 2 is 1.16 bits per heavy atom. The largest absolute Gasteiger partial charge is 0.373 e. The van der Waals surface area contributed by atoms with E-state index in [1.54, 1.807) is 6.08 Å². The Labute approximate surface area is 187 Å². The van der Waals surface area contributed by atoms with Gasteiger partial charge in [0.2, 0.25) is 0 Å². The topological polar surface area (TPSA) is 9.23 Å². The van der Waals surface area contributed by atoms with Crippen molar-refractivity contribution in [2.45, 2.75) is 38.2 Å². The van der Waals surface area contributed by atoms with Crippen molar-refractivity contribution in [3.8, 4) is 22.3 Å². The summed E-state index contributed by atoms with van der Waals surface area (Å²) < 4.78 is 5.51. The number of allylic oxidation sites excluding steroid dienone is 1. The lowest BCUT2D eigenvalue weighted by Crippen LogP contribution is -2.11. The summed E-state index contributed by atoms with van der Waals surface area (Å²) in [4.78, 5) is 0. The Kier molecular flexibility index (Phi) is 7.17. The maximum atomic E-state index is 5.51. The van der Waals surface area contributed by atoms with Crippen LogP contribution in [-0.4, -0.2) is 6.61 Å². The minimum absolute atomic E-state index is 0.584. The quantitative estimate of drug-likeness (QED) is 0.270. The van der Waals surface area contributed by atoms with Crippen molar-refractivity contribution in [1.82, 2.24) is 0 Å². The highest BCUT2D eigenvalue weighted by atomic mass is 16.5. The van der Waals surface area contributed by atoms with Crippen LogP contribution in [0, 0.1) is 5.92 Å². The Balaban J connectivity index is 1.40. The zero-order valence-corrected chi connectivity index (χ0v) is 18.3.